The fraction of sp³-hybridized carbons (Fsp3) is 0.667. The van der Waals surface area contributed by atoms with E-state index in [2.05, 4.69) is 18.8 Å². The predicted molar refractivity (Wildman–Crippen MR) is 51.2 cm³/mol. The van der Waals surface area contributed by atoms with Crippen LogP contribution in [0.25, 0.3) is 0 Å². The molecule has 74 valence electrons. The van der Waals surface area contributed by atoms with E-state index in [1.807, 2.05) is 4.57 Å². The minimum absolute atomic E-state index is 0.324. The van der Waals surface area contributed by atoms with Crippen molar-refractivity contribution in [1.29, 1.82) is 0 Å². The van der Waals surface area contributed by atoms with Gasteiger partial charge >= 0.3 is 0 Å². The van der Waals surface area contributed by atoms with Gasteiger partial charge in [0, 0.05) is 6.04 Å². The standard InChI is InChI=1S/C9H17N3O/c1-7(2)12-6-11-5-8(12)9(13)3-4-10/h5-7,9,13H,3-4,10H2,1-2H3. The molecule has 1 aromatic heterocycles. The van der Waals surface area contributed by atoms with Crippen molar-refractivity contribution in [2.75, 3.05) is 6.54 Å². The smallest absolute Gasteiger partial charge is 0.0967 e. The first kappa shape index (κ1) is 10.2. The van der Waals surface area contributed by atoms with Gasteiger partial charge in [0.25, 0.3) is 0 Å². The van der Waals surface area contributed by atoms with E-state index in [0.717, 1.165) is 5.69 Å². The Kier molecular flexibility index (Phi) is 3.45. The molecule has 4 heteroatoms. The van der Waals surface area contributed by atoms with Crippen LogP contribution in [-0.4, -0.2) is 21.2 Å². The number of aliphatic hydroxyl groups excluding tert-OH is 1. The number of rotatable bonds is 4. The molecule has 1 heterocycles. The molecule has 3 N–H and O–H groups in total. The van der Waals surface area contributed by atoms with E-state index in [0.29, 0.717) is 19.0 Å². The summed E-state index contributed by atoms with van der Waals surface area (Å²) in [6, 6.07) is 0.324. The molecule has 0 radical (unpaired) electrons. The molecule has 0 aromatic carbocycles. The maximum Gasteiger partial charge on any atom is 0.0967 e. The van der Waals surface area contributed by atoms with Gasteiger partial charge in [-0.25, -0.2) is 4.98 Å². The Labute approximate surface area is 78.4 Å². The molecule has 0 aliphatic heterocycles. The second kappa shape index (κ2) is 4.39. The third-order valence-electron chi connectivity index (χ3n) is 2.03. The van der Waals surface area contributed by atoms with Crippen molar-refractivity contribution in [1.82, 2.24) is 9.55 Å². The van der Waals surface area contributed by atoms with Gasteiger partial charge in [0.2, 0.25) is 0 Å². The summed E-state index contributed by atoms with van der Waals surface area (Å²) < 4.78 is 1.96. The van der Waals surface area contributed by atoms with E-state index in [1.54, 1.807) is 12.5 Å². The number of hydrogen-bond acceptors (Lipinski definition) is 3. The highest BCUT2D eigenvalue weighted by Gasteiger charge is 2.13. The SMILES string of the molecule is CC(C)n1cncc1C(O)CCN. The molecule has 13 heavy (non-hydrogen) atoms. The van der Waals surface area contributed by atoms with Crippen molar-refractivity contribution in [3.63, 3.8) is 0 Å². The molecule has 0 saturated heterocycles. The summed E-state index contributed by atoms with van der Waals surface area (Å²) in [4.78, 5) is 4.01. The third-order valence-corrected chi connectivity index (χ3v) is 2.03. The molecule has 0 amide bonds. The van der Waals surface area contributed by atoms with Crippen LogP contribution in [-0.2, 0) is 0 Å². The van der Waals surface area contributed by atoms with Gasteiger partial charge < -0.3 is 15.4 Å². The quantitative estimate of drug-likeness (QED) is 0.727. The fourth-order valence-corrected chi connectivity index (χ4v) is 1.31. The Bertz CT molecular complexity index is 257. The Morgan fingerprint density at radius 1 is 1.62 bits per heavy atom. The molecule has 1 unspecified atom stereocenters. The van der Waals surface area contributed by atoms with Gasteiger partial charge in [-0.3, -0.25) is 0 Å². The summed E-state index contributed by atoms with van der Waals surface area (Å²) in [5.74, 6) is 0. The zero-order valence-electron chi connectivity index (χ0n) is 8.14. The van der Waals surface area contributed by atoms with Gasteiger partial charge in [-0.05, 0) is 26.8 Å². The number of aliphatic hydroxyl groups is 1. The van der Waals surface area contributed by atoms with Crippen molar-refractivity contribution in [3.8, 4) is 0 Å². The third kappa shape index (κ3) is 2.29. The lowest BCUT2D eigenvalue weighted by Crippen LogP contribution is -2.12. The molecule has 1 aromatic rings. The molecular weight excluding hydrogens is 166 g/mol. The van der Waals surface area contributed by atoms with Crippen LogP contribution in [0.3, 0.4) is 0 Å². The van der Waals surface area contributed by atoms with Crippen molar-refractivity contribution < 1.29 is 5.11 Å². The van der Waals surface area contributed by atoms with Crippen LogP contribution in [0.4, 0.5) is 0 Å². The van der Waals surface area contributed by atoms with E-state index < -0.39 is 6.10 Å². The molecule has 1 rings (SSSR count). The number of aromatic nitrogens is 2. The molecule has 0 aliphatic rings. The number of imidazole rings is 1. The van der Waals surface area contributed by atoms with Crippen LogP contribution < -0.4 is 5.73 Å². The lowest BCUT2D eigenvalue weighted by atomic mass is 10.2. The average Bonchev–Trinajstić information content (AvgIpc) is 2.52. The minimum Gasteiger partial charge on any atom is -0.387 e. The van der Waals surface area contributed by atoms with Gasteiger partial charge in [-0.1, -0.05) is 0 Å². The second-order valence-corrected chi connectivity index (χ2v) is 3.41. The number of nitrogens with two attached hydrogens (primary N) is 1. The van der Waals surface area contributed by atoms with E-state index in [-0.39, 0.29) is 0 Å². The highest BCUT2D eigenvalue weighted by atomic mass is 16.3. The first-order valence-corrected chi connectivity index (χ1v) is 4.56. The molecule has 0 spiro atoms. The molecule has 0 saturated carbocycles. The Hall–Kier alpha value is -0.870. The summed E-state index contributed by atoms with van der Waals surface area (Å²) in [7, 11) is 0. The molecule has 0 bridgehead atoms. The first-order chi connectivity index (χ1) is 6.16. The van der Waals surface area contributed by atoms with Gasteiger partial charge in [0.05, 0.1) is 24.3 Å². The molecular formula is C9H17N3O. The van der Waals surface area contributed by atoms with Crippen molar-refractivity contribution in [3.05, 3.63) is 18.2 Å². The monoisotopic (exact) mass is 183 g/mol. The Morgan fingerprint density at radius 3 is 2.85 bits per heavy atom. The van der Waals surface area contributed by atoms with Crippen LogP contribution in [0.1, 0.15) is 38.1 Å². The summed E-state index contributed by atoms with van der Waals surface area (Å²) in [6.07, 6.45) is 3.52. The topological polar surface area (TPSA) is 64.1 Å². The Balaban J connectivity index is 2.80. The van der Waals surface area contributed by atoms with Crippen LogP contribution in [0.2, 0.25) is 0 Å². The molecule has 1 atom stereocenters. The molecule has 0 aliphatic carbocycles. The fourth-order valence-electron chi connectivity index (χ4n) is 1.31. The van der Waals surface area contributed by atoms with Crippen LogP contribution in [0, 0.1) is 0 Å². The summed E-state index contributed by atoms with van der Waals surface area (Å²) in [5, 5.41) is 9.70. The van der Waals surface area contributed by atoms with Crippen LogP contribution >= 0.6 is 0 Å². The first-order valence-electron chi connectivity index (χ1n) is 4.56. The zero-order chi connectivity index (χ0) is 9.84. The van der Waals surface area contributed by atoms with Gasteiger partial charge in [-0.15, -0.1) is 0 Å². The highest BCUT2D eigenvalue weighted by Crippen LogP contribution is 2.18. The number of hydrogen-bond donors (Lipinski definition) is 2. The van der Waals surface area contributed by atoms with Gasteiger partial charge in [-0.2, -0.15) is 0 Å². The predicted octanol–water partition coefficient (Wildman–Crippen LogP) is 0.846. The normalized spacial score (nSPS) is 13.6. The summed E-state index contributed by atoms with van der Waals surface area (Å²) in [6.45, 7) is 4.60. The van der Waals surface area contributed by atoms with Crippen molar-refractivity contribution in [2.45, 2.75) is 32.4 Å². The van der Waals surface area contributed by atoms with Crippen molar-refractivity contribution in [2.24, 2.45) is 5.73 Å². The van der Waals surface area contributed by atoms with Crippen LogP contribution in [0.5, 0.6) is 0 Å². The van der Waals surface area contributed by atoms with Crippen LogP contribution in [0.15, 0.2) is 12.5 Å². The highest BCUT2D eigenvalue weighted by molar-refractivity contribution is 5.03. The Morgan fingerprint density at radius 2 is 2.31 bits per heavy atom. The lowest BCUT2D eigenvalue weighted by Gasteiger charge is -2.15. The van der Waals surface area contributed by atoms with E-state index in [1.165, 1.54) is 0 Å². The summed E-state index contributed by atoms with van der Waals surface area (Å²) >= 11 is 0. The number of nitrogens with zero attached hydrogens (tertiary/aromatic N) is 2. The largest absolute Gasteiger partial charge is 0.387 e. The van der Waals surface area contributed by atoms with Gasteiger partial charge in [0.1, 0.15) is 0 Å². The van der Waals surface area contributed by atoms with E-state index in [4.69, 9.17) is 5.73 Å². The van der Waals surface area contributed by atoms with E-state index in [9.17, 15) is 5.11 Å². The molecule has 0 fully saturated rings. The second-order valence-electron chi connectivity index (χ2n) is 3.41. The molecule has 4 nitrogen and oxygen atoms in total. The van der Waals surface area contributed by atoms with Gasteiger partial charge in [0.15, 0.2) is 0 Å². The maximum atomic E-state index is 9.70. The van der Waals surface area contributed by atoms with Crippen molar-refractivity contribution >= 4 is 0 Å². The van der Waals surface area contributed by atoms with E-state index >= 15 is 0 Å². The zero-order valence-corrected chi connectivity index (χ0v) is 8.14. The average molecular weight is 183 g/mol. The maximum absolute atomic E-state index is 9.70. The summed E-state index contributed by atoms with van der Waals surface area (Å²) in [5.41, 5.74) is 6.22. The minimum atomic E-state index is -0.491. The lowest BCUT2D eigenvalue weighted by molar-refractivity contribution is 0.159.